The zero-order chi connectivity index (χ0) is 8.13. The fraction of sp³-hybridized carbons (Fsp3) is 0.545. The molecule has 1 heteroatoms. The van der Waals surface area contributed by atoms with Crippen molar-refractivity contribution in [1.82, 2.24) is 0 Å². The molecule has 1 nitrogen and oxygen atoms in total. The Labute approximate surface area is 72.2 Å². The molecule has 0 aliphatic heterocycles. The number of carbonyl (C=O) groups excluding carboxylic acids is 1. The van der Waals surface area contributed by atoms with E-state index in [1.54, 1.807) is 5.57 Å². The van der Waals surface area contributed by atoms with Crippen LogP contribution < -0.4 is 0 Å². The quantitative estimate of drug-likeness (QED) is 0.497. The van der Waals surface area contributed by atoms with Crippen LogP contribution in [0.15, 0.2) is 23.3 Å². The Kier molecular flexibility index (Phi) is 1.16. The molecule has 0 aromatic heterocycles. The van der Waals surface area contributed by atoms with Gasteiger partial charge >= 0.3 is 0 Å². The topological polar surface area (TPSA) is 17.1 Å². The molecule has 1 saturated carbocycles. The van der Waals surface area contributed by atoms with E-state index in [9.17, 15) is 4.79 Å². The zero-order valence-corrected chi connectivity index (χ0v) is 7.05. The summed E-state index contributed by atoms with van der Waals surface area (Å²) in [5.74, 6) is 1.31. The van der Waals surface area contributed by atoms with Gasteiger partial charge in [-0.2, -0.15) is 0 Å². The Balaban J connectivity index is 2.12. The third-order valence-corrected chi connectivity index (χ3v) is 3.48. The largest absolute Gasteiger partial charge is 0.295 e. The Morgan fingerprint density at radius 3 is 3.00 bits per heavy atom. The Bertz CT molecular complexity index is 309. The molecule has 62 valence electrons. The number of ketones is 1. The van der Waals surface area contributed by atoms with Gasteiger partial charge in [-0.1, -0.05) is 17.2 Å². The van der Waals surface area contributed by atoms with E-state index in [4.69, 9.17) is 0 Å². The van der Waals surface area contributed by atoms with Crippen LogP contribution in [0.2, 0.25) is 0 Å². The predicted octanol–water partition coefficient (Wildman–Crippen LogP) is 2.24. The molecule has 0 amide bonds. The molecule has 2 atom stereocenters. The summed E-state index contributed by atoms with van der Waals surface area (Å²) < 4.78 is 0. The third-order valence-electron chi connectivity index (χ3n) is 3.48. The van der Waals surface area contributed by atoms with Gasteiger partial charge < -0.3 is 0 Å². The lowest BCUT2D eigenvalue weighted by Gasteiger charge is -2.22. The Hall–Kier alpha value is -0.850. The molecule has 3 aliphatic rings. The lowest BCUT2D eigenvalue weighted by Crippen LogP contribution is -2.19. The molecule has 0 aromatic rings. The van der Waals surface area contributed by atoms with E-state index in [1.165, 1.54) is 12.0 Å². The van der Waals surface area contributed by atoms with E-state index in [0.717, 1.165) is 19.3 Å². The average molecular weight is 160 g/mol. The van der Waals surface area contributed by atoms with Crippen molar-refractivity contribution in [3.63, 3.8) is 0 Å². The SMILES string of the molecule is O=C1C=C2CCC3=CCCC1C32. The lowest BCUT2D eigenvalue weighted by atomic mass is 9.81. The fourth-order valence-electron chi connectivity index (χ4n) is 2.96. The maximum Gasteiger partial charge on any atom is 0.159 e. The summed E-state index contributed by atoms with van der Waals surface area (Å²) in [6, 6.07) is 0. The minimum Gasteiger partial charge on any atom is -0.295 e. The van der Waals surface area contributed by atoms with Crippen LogP contribution in [0.4, 0.5) is 0 Å². The molecule has 2 unspecified atom stereocenters. The number of hydrogen-bond acceptors (Lipinski definition) is 1. The van der Waals surface area contributed by atoms with Gasteiger partial charge in [0, 0.05) is 11.8 Å². The van der Waals surface area contributed by atoms with E-state index >= 15 is 0 Å². The Morgan fingerprint density at radius 1 is 1.25 bits per heavy atom. The van der Waals surface area contributed by atoms with Crippen molar-refractivity contribution in [1.29, 1.82) is 0 Å². The van der Waals surface area contributed by atoms with Gasteiger partial charge in [0.1, 0.15) is 0 Å². The summed E-state index contributed by atoms with van der Waals surface area (Å²) in [4.78, 5) is 11.5. The van der Waals surface area contributed by atoms with Crippen molar-refractivity contribution in [2.24, 2.45) is 11.8 Å². The summed E-state index contributed by atoms with van der Waals surface area (Å²) >= 11 is 0. The monoisotopic (exact) mass is 160 g/mol. The highest BCUT2D eigenvalue weighted by Crippen LogP contribution is 2.49. The molecule has 0 aromatic carbocycles. The highest BCUT2D eigenvalue weighted by molar-refractivity contribution is 5.96. The number of rotatable bonds is 0. The summed E-state index contributed by atoms with van der Waals surface area (Å²) in [6.45, 7) is 0. The molecular formula is C11H12O. The van der Waals surface area contributed by atoms with Crippen LogP contribution in [0.1, 0.15) is 25.7 Å². The molecule has 12 heavy (non-hydrogen) atoms. The minimum absolute atomic E-state index is 0.350. The van der Waals surface area contributed by atoms with Crippen LogP contribution >= 0.6 is 0 Å². The predicted molar refractivity (Wildman–Crippen MR) is 46.6 cm³/mol. The van der Waals surface area contributed by atoms with E-state index in [-0.39, 0.29) is 0 Å². The second-order valence-corrected chi connectivity index (χ2v) is 4.06. The number of carbonyl (C=O) groups is 1. The van der Waals surface area contributed by atoms with Crippen LogP contribution in [0, 0.1) is 11.8 Å². The average Bonchev–Trinajstić information content (AvgIpc) is 2.61. The van der Waals surface area contributed by atoms with Gasteiger partial charge in [0.25, 0.3) is 0 Å². The van der Waals surface area contributed by atoms with E-state index < -0.39 is 0 Å². The zero-order valence-electron chi connectivity index (χ0n) is 7.05. The summed E-state index contributed by atoms with van der Waals surface area (Å²) in [5.41, 5.74) is 2.99. The molecule has 0 N–H and O–H groups in total. The molecule has 0 saturated heterocycles. The van der Waals surface area contributed by atoms with E-state index in [0.29, 0.717) is 17.6 Å². The van der Waals surface area contributed by atoms with Crippen LogP contribution in [-0.2, 0) is 4.79 Å². The van der Waals surface area contributed by atoms with Gasteiger partial charge in [-0.3, -0.25) is 4.79 Å². The summed E-state index contributed by atoms with van der Waals surface area (Å²) in [5, 5.41) is 0. The second-order valence-electron chi connectivity index (χ2n) is 4.06. The normalized spacial score (nSPS) is 37.8. The molecule has 0 bridgehead atoms. The van der Waals surface area contributed by atoms with Crippen LogP contribution in [0.5, 0.6) is 0 Å². The highest BCUT2D eigenvalue weighted by Gasteiger charge is 2.42. The highest BCUT2D eigenvalue weighted by atomic mass is 16.1. The smallest absolute Gasteiger partial charge is 0.159 e. The molecule has 0 heterocycles. The molecule has 1 fully saturated rings. The third kappa shape index (κ3) is 0.669. The van der Waals surface area contributed by atoms with Crippen LogP contribution in [-0.4, -0.2) is 5.78 Å². The van der Waals surface area contributed by atoms with Gasteiger partial charge in [-0.15, -0.1) is 0 Å². The first-order chi connectivity index (χ1) is 5.86. The minimum atomic E-state index is 0.350. The summed E-state index contributed by atoms with van der Waals surface area (Å²) in [6.07, 6.45) is 8.87. The second kappa shape index (κ2) is 2.09. The number of hydrogen-bond donors (Lipinski definition) is 0. The van der Waals surface area contributed by atoms with Gasteiger partial charge in [0.15, 0.2) is 5.78 Å². The van der Waals surface area contributed by atoms with Crippen LogP contribution in [0.3, 0.4) is 0 Å². The van der Waals surface area contributed by atoms with Crippen molar-refractivity contribution in [3.8, 4) is 0 Å². The van der Waals surface area contributed by atoms with Crippen molar-refractivity contribution in [3.05, 3.63) is 23.3 Å². The molecule has 0 spiro atoms. The van der Waals surface area contributed by atoms with Crippen LogP contribution in [0.25, 0.3) is 0 Å². The lowest BCUT2D eigenvalue weighted by molar-refractivity contribution is -0.118. The fourth-order valence-corrected chi connectivity index (χ4v) is 2.96. The molecule has 3 aliphatic carbocycles. The summed E-state index contributed by atoms with van der Waals surface area (Å²) in [7, 11) is 0. The standard InChI is InChI=1S/C11H12O/c12-10-6-8-5-4-7-2-1-3-9(10)11(7)8/h2,6,9,11H,1,3-5H2. The van der Waals surface area contributed by atoms with E-state index in [2.05, 4.69) is 6.08 Å². The van der Waals surface area contributed by atoms with Gasteiger partial charge in [-0.05, 0) is 31.8 Å². The van der Waals surface area contributed by atoms with Crippen molar-refractivity contribution < 1.29 is 4.79 Å². The number of allylic oxidation sites excluding steroid dienone is 4. The van der Waals surface area contributed by atoms with E-state index in [1.807, 2.05) is 6.08 Å². The van der Waals surface area contributed by atoms with Crippen molar-refractivity contribution >= 4 is 5.78 Å². The molecule has 3 rings (SSSR count). The first-order valence-corrected chi connectivity index (χ1v) is 4.79. The van der Waals surface area contributed by atoms with Gasteiger partial charge in [-0.25, -0.2) is 0 Å². The van der Waals surface area contributed by atoms with Crippen molar-refractivity contribution in [2.45, 2.75) is 25.7 Å². The molecular weight excluding hydrogens is 148 g/mol. The maximum absolute atomic E-state index is 11.5. The first kappa shape index (κ1) is 6.64. The molecule has 0 radical (unpaired) electrons. The van der Waals surface area contributed by atoms with Gasteiger partial charge in [0.05, 0.1) is 0 Å². The maximum atomic E-state index is 11.5. The van der Waals surface area contributed by atoms with Crippen molar-refractivity contribution in [2.75, 3.05) is 0 Å². The first-order valence-electron chi connectivity index (χ1n) is 4.79. The van der Waals surface area contributed by atoms with Gasteiger partial charge in [0.2, 0.25) is 0 Å². The Morgan fingerprint density at radius 2 is 2.08 bits per heavy atom.